The lowest BCUT2D eigenvalue weighted by Gasteiger charge is -2.15. The van der Waals surface area contributed by atoms with Gasteiger partial charge in [0.25, 0.3) is 5.56 Å². The molecule has 2 aromatic rings. The average molecular weight is 410 g/mol. The summed E-state index contributed by atoms with van der Waals surface area (Å²) in [5.41, 5.74) is -0.0581. The first-order valence-corrected chi connectivity index (χ1v) is 9.72. The fourth-order valence-electron chi connectivity index (χ4n) is 2.18. The van der Waals surface area contributed by atoms with Gasteiger partial charge in [-0.3, -0.25) is 9.59 Å². The molecule has 0 saturated carbocycles. The molecule has 0 aliphatic rings. The molecule has 5 nitrogen and oxygen atoms in total. The molecule has 1 N–H and O–H groups in total. The van der Waals surface area contributed by atoms with E-state index in [1.165, 1.54) is 24.5 Å². The van der Waals surface area contributed by atoms with Crippen LogP contribution in [0.4, 0.5) is 0 Å². The molecular weight excluding hydrogens is 386 g/mol. The number of hydrogen-bond acceptors (Lipinski definition) is 5. The average Bonchev–Trinajstić information content (AvgIpc) is 2.87. The van der Waals surface area contributed by atoms with E-state index in [0.29, 0.717) is 31.3 Å². The summed E-state index contributed by atoms with van der Waals surface area (Å²) in [6.45, 7) is 9.30. The molecule has 0 fully saturated rings. The van der Waals surface area contributed by atoms with Gasteiger partial charge in [0, 0.05) is 11.5 Å². The number of Topliss-reactive ketones (excluding diaryl/α,β-unsaturated/α-hetero) is 1. The number of aromatic amines is 1. The molecule has 7 heteroatoms. The predicted molar refractivity (Wildman–Crippen MR) is 110 cm³/mol. The van der Waals surface area contributed by atoms with Gasteiger partial charge in [-0.1, -0.05) is 32.4 Å². The number of aromatic nitrogens is 1. The van der Waals surface area contributed by atoms with Gasteiger partial charge in [-0.25, -0.2) is 0 Å². The van der Waals surface area contributed by atoms with Gasteiger partial charge in [0.2, 0.25) is 0 Å². The van der Waals surface area contributed by atoms with Crippen molar-refractivity contribution in [2.75, 3.05) is 7.11 Å². The Morgan fingerprint density at radius 3 is 2.52 bits per heavy atom. The molecule has 27 heavy (non-hydrogen) atoms. The highest BCUT2D eigenvalue weighted by Gasteiger charge is 2.18. The molecule has 0 radical (unpaired) electrons. The van der Waals surface area contributed by atoms with Crippen molar-refractivity contribution in [1.82, 2.24) is 4.98 Å². The topological polar surface area (TPSA) is 68.4 Å². The van der Waals surface area contributed by atoms with Crippen molar-refractivity contribution in [3.8, 4) is 11.5 Å². The lowest BCUT2D eigenvalue weighted by Crippen LogP contribution is -2.22. The van der Waals surface area contributed by atoms with E-state index < -0.39 is 5.41 Å². The molecule has 0 unspecified atom stereocenters. The van der Waals surface area contributed by atoms with Gasteiger partial charge in [0.05, 0.1) is 27.4 Å². The predicted octanol–water partition coefficient (Wildman–Crippen LogP) is 3.11. The van der Waals surface area contributed by atoms with Crippen LogP contribution in [0, 0.1) is 5.41 Å². The molecule has 0 saturated heterocycles. The molecule has 1 aromatic heterocycles. The zero-order chi connectivity index (χ0) is 20.4. The van der Waals surface area contributed by atoms with Crippen molar-refractivity contribution in [1.29, 1.82) is 0 Å². The summed E-state index contributed by atoms with van der Waals surface area (Å²) in [4.78, 5) is 27.1. The van der Waals surface area contributed by atoms with Crippen LogP contribution in [0.3, 0.4) is 0 Å². The number of hydrogen-bond donors (Lipinski definition) is 1. The number of H-pyrrole nitrogens is 1. The minimum absolute atomic E-state index is 0.0496. The molecule has 146 valence electrons. The third-order valence-electron chi connectivity index (χ3n) is 3.58. The Bertz CT molecular complexity index is 1010. The van der Waals surface area contributed by atoms with E-state index in [0.717, 1.165) is 0 Å². The first-order valence-electron chi connectivity index (χ1n) is 8.52. The fourth-order valence-corrected chi connectivity index (χ4v) is 3.33. The van der Waals surface area contributed by atoms with Crippen molar-refractivity contribution in [3.63, 3.8) is 0 Å². The van der Waals surface area contributed by atoms with E-state index in [-0.39, 0.29) is 17.4 Å². The number of nitrogens with one attached hydrogen (secondary N) is 1. The van der Waals surface area contributed by atoms with Crippen molar-refractivity contribution in [2.45, 2.75) is 40.7 Å². The Kier molecular flexibility index (Phi) is 6.54. The molecule has 0 bridgehead atoms. The summed E-state index contributed by atoms with van der Waals surface area (Å²) in [5.74, 6) is 0.910. The second kappa shape index (κ2) is 8.31. The van der Waals surface area contributed by atoms with Gasteiger partial charge < -0.3 is 14.5 Å². The summed E-state index contributed by atoms with van der Waals surface area (Å²) >= 11 is 7.55. The van der Waals surface area contributed by atoms with Crippen LogP contribution < -0.4 is 24.2 Å². The summed E-state index contributed by atoms with van der Waals surface area (Å²) in [6, 6.07) is 3.47. The number of thiazole rings is 1. The molecule has 1 aromatic carbocycles. The normalized spacial score (nSPS) is 13.3. The van der Waals surface area contributed by atoms with Crippen LogP contribution >= 0.6 is 22.9 Å². The smallest absolute Gasteiger partial charge is 0.266 e. The standard InChI is InChI=1S/C20H24ClNO4S/c1-11(2)26-18-13(21)7-12(8-14(18)25-6)9-15-19(24)22-17(27-15)10-16(23)20(3,4)5/h7-11H,1-6H3,(H,22,24)/b15-9-,17-10-. The van der Waals surface area contributed by atoms with Gasteiger partial charge in [0.15, 0.2) is 17.3 Å². The maximum Gasteiger partial charge on any atom is 0.266 e. The molecule has 0 aliphatic carbocycles. The monoisotopic (exact) mass is 409 g/mol. The zero-order valence-corrected chi connectivity index (χ0v) is 17.9. The lowest BCUT2D eigenvalue weighted by molar-refractivity contribution is -0.119. The Balaban J connectivity index is 2.51. The van der Waals surface area contributed by atoms with E-state index in [1.807, 2.05) is 34.6 Å². The molecule has 0 amide bonds. The number of carbonyl (C=O) groups is 1. The number of methoxy groups -OCH3 is 1. The summed E-state index contributed by atoms with van der Waals surface area (Å²) in [7, 11) is 1.53. The van der Waals surface area contributed by atoms with Crippen molar-refractivity contribution < 1.29 is 14.3 Å². The minimum Gasteiger partial charge on any atom is -0.493 e. The number of carbonyl (C=O) groups excluding carboxylic acids is 1. The molecule has 0 spiro atoms. The SMILES string of the molecule is COc1cc(/C=c2\s/c(=C\C(=O)C(C)(C)C)[nH]c2=O)cc(Cl)c1OC(C)C. The van der Waals surface area contributed by atoms with Crippen molar-refractivity contribution >= 4 is 40.9 Å². The van der Waals surface area contributed by atoms with Crippen LogP contribution in [0.5, 0.6) is 11.5 Å². The van der Waals surface area contributed by atoms with Crippen LogP contribution in [0.2, 0.25) is 5.02 Å². The maximum absolute atomic E-state index is 12.2. The largest absolute Gasteiger partial charge is 0.493 e. The van der Waals surface area contributed by atoms with Crippen LogP contribution in [-0.4, -0.2) is 24.0 Å². The van der Waals surface area contributed by atoms with Gasteiger partial charge in [-0.15, -0.1) is 11.3 Å². The number of ketones is 1. The number of halogens is 1. The van der Waals surface area contributed by atoms with Gasteiger partial charge in [-0.05, 0) is 37.6 Å². The van der Waals surface area contributed by atoms with Crippen molar-refractivity contribution in [2.24, 2.45) is 5.41 Å². The Morgan fingerprint density at radius 2 is 1.96 bits per heavy atom. The maximum atomic E-state index is 12.2. The zero-order valence-electron chi connectivity index (χ0n) is 16.3. The molecular formula is C20H24ClNO4S. The highest BCUT2D eigenvalue weighted by Crippen LogP contribution is 2.37. The summed E-state index contributed by atoms with van der Waals surface area (Å²) < 4.78 is 12.1. The lowest BCUT2D eigenvalue weighted by atomic mass is 9.91. The molecule has 2 rings (SSSR count). The van der Waals surface area contributed by atoms with E-state index in [1.54, 1.807) is 18.2 Å². The summed E-state index contributed by atoms with van der Waals surface area (Å²) in [5, 5.41) is 0.400. The molecule has 1 heterocycles. The highest BCUT2D eigenvalue weighted by atomic mass is 35.5. The first kappa shape index (κ1) is 21.3. The first-order chi connectivity index (χ1) is 12.5. The molecule has 0 atom stereocenters. The minimum atomic E-state index is -0.502. The van der Waals surface area contributed by atoms with E-state index in [9.17, 15) is 9.59 Å². The van der Waals surface area contributed by atoms with Crippen LogP contribution in [0.15, 0.2) is 16.9 Å². The van der Waals surface area contributed by atoms with Gasteiger partial charge in [0.1, 0.15) is 0 Å². The Morgan fingerprint density at radius 1 is 1.30 bits per heavy atom. The van der Waals surface area contributed by atoms with Crippen LogP contribution in [0.1, 0.15) is 40.2 Å². The Labute approximate surface area is 167 Å². The van der Waals surface area contributed by atoms with Crippen LogP contribution in [-0.2, 0) is 4.79 Å². The summed E-state index contributed by atoms with van der Waals surface area (Å²) in [6.07, 6.45) is 3.12. The third kappa shape index (κ3) is 5.47. The van der Waals surface area contributed by atoms with E-state index in [2.05, 4.69) is 4.98 Å². The Hall–Kier alpha value is -2.05. The van der Waals surface area contributed by atoms with Gasteiger partial charge >= 0.3 is 0 Å². The quantitative estimate of drug-likeness (QED) is 0.823. The second-order valence-electron chi connectivity index (χ2n) is 7.39. The number of ether oxygens (including phenoxy) is 2. The third-order valence-corrected chi connectivity index (χ3v) is 4.83. The van der Waals surface area contributed by atoms with E-state index in [4.69, 9.17) is 21.1 Å². The van der Waals surface area contributed by atoms with E-state index >= 15 is 0 Å². The van der Waals surface area contributed by atoms with Crippen molar-refractivity contribution in [3.05, 3.63) is 42.3 Å². The van der Waals surface area contributed by atoms with Crippen LogP contribution in [0.25, 0.3) is 12.2 Å². The number of benzene rings is 1. The highest BCUT2D eigenvalue weighted by molar-refractivity contribution is 7.07. The second-order valence-corrected chi connectivity index (χ2v) is 8.88. The number of rotatable bonds is 5. The molecule has 0 aliphatic heterocycles. The van der Waals surface area contributed by atoms with Gasteiger partial charge in [-0.2, -0.15) is 0 Å². The fraction of sp³-hybridized carbons (Fsp3) is 0.400.